The quantitative estimate of drug-likeness (QED) is 0.0728. The average molecular weight is 695 g/mol. The Morgan fingerprint density at radius 2 is 0.623 bits per heavy atom. The van der Waals surface area contributed by atoms with E-state index in [1.54, 1.807) is 0 Å². The first-order chi connectivity index (χ1) is 26.0. The summed E-state index contributed by atoms with van der Waals surface area (Å²) in [5.74, 6) is -0.139. The lowest BCUT2D eigenvalue weighted by Gasteiger charge is -2.38. The molecular weight excluding hydrogens is 649 g/mol. The van der Waals surface area contributed by atoms with E-state index in [-0.39, 0.29) is 23.9 Å². The van der Waals surface area contributed by atoms with Gasteiger partial charge in [-0.15, -0.1) is 0 Å². The van der Waals surface area contributed by atoms with Gasteiger partial charge in [0.25, 0.3) is 0 Å². The first-order valence-corrected chi connectivity index (χ1v) is 19.0. The third-order valence-corrected chi connectivity index (χ3v) is 12.1. The number of hydrogen-bond acceptors (Lipinski definition) is 2. The second-order valence-corrected chi connectivity index (χ2v) is 14.5. The van der Waals surface area contributed by atoms with E-state index in [1.807, 2.05) is 60.0 Å². The van der Waals surface area contributed by atoms with Gasteiger partial charge in [-0.1, -0.05) is 196 Å². The Hall–Kier alpha value is -5.74. The second-order valence-electron chi connectivity index (χ2n) is 14.5. The standard InChI is InChI=1S/C49H46N2O2/c1-3-47(4-2,45(52)50-35-43(50)48(37-23-11-5-12-24-37,38-25-13-6-14-26-38)39-27-15-7-16-28-39)46(53)51-36-44(51)49(40-29-17-8-18-30-40,41-31-19-9-20-32-41)42-33-21-10-22-34-42/h5-34,43-44H,3-4,35-36H2,1-2H3/t43-,44-,50?,51?/m1/s1. The molecule has 0 spiro atoms. The van der Waals surface area contributed by atoms with Crippen LogP contribution in [0.3, 0.4) is 0 Å². The topological polar surface area (TPSA) is 40.2 Å². The van der Waals surface area contributed by atoms with E-state index < -0.39 is 16.2 Å². The van der Waals surface area contributed by atoms with Crippen LogP contribution in [0.15, 0.2) is 182 Å². The molecular formula is C49H46N2O2. The van der Waals surface area contributed by atoms with Crippen molar-refractivity contribution < 1.29 is 9.59 Å². The van der Waals surface area contributed by atoms with Gasteiger partial charge in [0, 0.05) is 13.1 Å². The van der Waals surface area contributed by atoms with Crippen molar-refractivity contribution in [3.05, 3.63) is 215 Å². The molecule has 8 rings (SSSR count). The minimum absolute atomic E-state index is 0.0694. The van der Waals surface area contributed by atoms with Gasteiger partial charge in [0.15, 0.2) is 0 Å². The minimum Gasteiger partial charge on any atom is -0.333 e. The summed E-state index contributed by atoms with van der Waals surface area (Å²) in [4.78, 5) is 34.5. The molecule has 0 bridgehead atoms. The van der Waals surface area contributed by atoms with Crippen molar-refractivity contribution in [2.75, 3.05) is 13.1 Å². The Morgan fingerprint density at radius 1 is 0.415 bits per heavy atom. The molecule has 2 aliphatic heterocycles. The molecule has 2 saturated heterocycles. The summed E-state index contributed by atoms with van der Waals surface area (Å²) >= 11 is 0. The van der Waals surface area contributed by atoms with Crippen LogP contribution < -0.4 is 0 Å². The Morgan fingerprint density at radius 3 is 0.811 bits per heavy atom. The highest BCUT2D eigenvalue weighted by atomic mass is 16.2. The highest BCUT2D eigenvalue weighted by molar-refractivity contribution is 6.07. The fourth-order valence-electron chi connectivity index (χ4n) is 9.33. The minimum atomic E-state index is -1.19. The molecule has 6 aromatic carbocycles. The maximum absolute atomic E-state index is 15.3. The van der Waals surface area contributed by atoms with E-state index >= 15 is 9.59 Å². The lowest BCUT2D eigenvalue weighted by molar-refractivity contribution is -0.151. The molecule has 4 nitrogen and oxygen atoms in total. The lowest BCUT2D eigenvalue weighted by atomic mass is 9.66. The number of benzene rings is 6. The number of carbonyl (C=O) groups excluding carboxylic acids is 2. The van der Waals surface area contributed by atoms with Crippen LogP contribution in [0.4, 0.5) is 0 Å². The molecule has 0 aromatic heterocycles. The van der Waals surface area contributed by atoms with Crippen LogP contribution in [-0.2, 0) is 20.4 Å². The van der Waals surface area contributed by atoms with Crippen LogP contribution in [0.25, 0.3) is 0 Å². The Bertz CT molecular complexity index is 1800. The van der Waals surface area contributed by atoms with Crippen molar-refractivity contribution in [1.29, 1.82) is 0 Å². The number of amides is 2. The normalized spacial score (nSPS) is 16.9. The smallest absolute Gasteiger partial charge is 0.238 e. The average Bonchev–Trinajstić information content (AvgIpc) is 4.18. The molecule has 2 atom stereocenters. The molecule has 6 aromatic rings. The van der Waals surface area contributed by atoms with Crippen molar-refractivity contribution in [2.45, 2.75) is 49.6 Å². The van der Waals surface area contributed by atoms with Crippen LogP contribution in [-0.4, -0.2) is 46.8 Å². The van der Waals surface area contributed by atoms with E-state index in [2.05, 4.69) is 146 Å². The predicted molar refractivity (Wildman–Crippen MR) is 212 cm³/mol. The molecule has 4 heteroatoms. The third-order valence-electron chi connectivity index (χ3n) is 12.1. The molecule has 53 heavy (non-hydrogen) atoms. The largest absolute Gasteiger partial charge is 0.333 e. The molecule has 0 aliphatic carbocycles. The molecule has 2 aliphatic rings. The second kappa shape index (κ2) is 14.0. The van der Waals surface area contributed by atoms with Crippen LogP contribution >= 0.6 is 0 Å². The molecule has 2 fully saturated rings. The summed E-state index contributed by atoms with van der Waals surface area (Å²) in [6, 6.07) is 63.0. The zero-order valence-corrected chi connectivity index (χ0v) is 30.5. The van der Waals surface area contributed by atoms with Crippen molar-refractivity contribution in [3.8, 4) is 0 Å². The first-order valence-electron chi connectivity index (χ1n) is 19.0. The van der Waals surface area contributed by atoms with Crippen LogP contribution in [0.1, 0.15) is 60.1 Å². The van der Waals surface area contributed by atoms with Crippen molar-refractivity contribution >= 4 is 11.8 Å². The van der Waals surface area contributed by atoms with Gasteiger partial charge in [-0.2, -0.15) is 0 Å². The molecule has 0 radical (unpaired) electrons. The highest BCUT2D eigenvalue weighted by Crippen LogP contribution is 2.54. The molecule has 0 N–H and O–H groups in total. The summed E-state index contributed by atoms with van der Waals surface area (Å²) in [5.41, 5.74) is 4.38. The Labute approximate surface area is 313 Å². The number of hydrogen-bond donors (Lipinski definition) is 0. The van der Waals surface area contributed by atoms with Gasteiger partial charge in [0.1, 0.15) is 5.41 Å². The van der Waals surface area contributed by atoms with E-state index in [9.17, 15) is 0 Å². The van der Waals surface area contributed by atoms with E-state index in [1.165, 1.54) is 0 Å². The highest BCUT2D eigenvalue weighted by Gasteiger charge is 2.64. The number of rotatable bonds is 12. The van der Waals surface area contributed by atoms with Gasteiger partial charge in [0.05, 0.1) is 22.9 Å². The first kappa shape index (κ1) is 34.4. The maximum Gasteiger partial charge on any atom is 0.238 e. The van der Waals surface area contributed by atoms with E-state index in [0.717, 1.165) is 33.4 Å². The number of carbonyl (C=O) groups is 2. The van der Waals surface area contributed by atoms with Gasteiger partial charge in [-0.3, -0.25) is 9.59 Å². The van der Waals surface area contributed by atoms with E-state index in [0.29, 0.717) is 25.9 Å². The summed E-state index contributed by atoms with van der Waals surface area (Å²) in [5, 5.41) is 0. The summed E-state index contributed by atoms with van der Waals surface area (Å²) in [6.45, 7) is 5.15. The van der Waals surface area contributed by atoms with Gasteiger partial charge in [-0.05, 0) is 46.2 Å². The summed E-state index contributed by atoms with van der Waals surface area (Å²) in [6.07, 6.45) is 0.856. The van der Waals surface area contributed by atoms with Gasteiger partial charge >= 0.3 is 0 Å². The zero-order valence-electron chi connectivity index (χ0n) is 30.5. The SMILES string of the molecule is CCC(CC)(C(=O)N1C[C@@H]1C(c1ccccc1)(c1ccccc1)c1ccccc1)C(=O)N1C[C@@H]1C(c1ccccc1)(c1ccccc1)c1ccccc1. The molecule has 264 valence electrons. The predicted octanol–water partition coefficient (Wildman–Crippen LogP) is 9.28. The van der Waals surface area contributed by atoms with Crippen molar-refractivity contribution in [3.63, 3.8) is 0 Å². The van der Waals surface area contributed by atoms with Crippen molar-refractivity contribution in [1.82, 2.24) is 9.80 Å². The monoisotopic (exact) mass is 694 g/mol. The van der Waals surface area contributed by atoms with Gasteiger partial charge < -0.3 is 9.80 Å². The Kier molecular flexibility index (Phi) is 9.08. The lowest BCUT2D eigenvalue weighted by Crippen LogP contribution is -2.49. The molecule has 0 unspecified atom stereocenters. The van der Waals surface area contributed by atoms with E-state index in [4.69, 9.17) is 0 Å². The van der Waals surface area contributed by atoms with Gasteiger partial charge in [0.2, 0.25) is 11.8 Å². The summed E-state index contributed by atoms with van der Waals surface area (Å²) in [7, 11) is 0. The number of nitrogens with zero attached hydrogens (tertiary/aromatic N) is 2. The summed E-state index contributed by atoms with van der Waals surface area (Å²) < 4.78 is 0. The van der Waals surface area contributed by atoms with Crippen LogP contribution in [0.5, 0.6) is 0 Å². The molecule has 2 heterocycles. The van der Waals surface area contributed by atoms with Crippen LogP contribution in [0.2, 0.25) is 0 Å². The molecule has 0 saturated carbocycles. The van der Waals surface area contributed by atoms with Crippen LogP contribution in [0, 0.1) is 5.41 Å². The zero-order chi connectivity index (χ0) is 36.5. The van der Waals surface area contributed by atoms with Crippen molar-refractivity contribution in [2.24, 2.45) is 5.41 Å². The molecule has 2 amide bonds. The Balaban J connectivity index is 1.20. The maximum atomic E-state index is 15.3. The van der Waals surface area contributed by atoms with Gasteiger partial charge in [-0.25, -0.2) is 0 Å². The fourth-order valence-corrected chi connectivity index (χ4v) is 9.33. The fraction of sp³-hybridized carbons (Fsp3) is 0.224. The third kappa shape index (κ3) is 5.51.